The summed E-state index contributed by atoms with van der Waals surface area (Å²) in [4.78, 5) is 55.7. The quantitative estimate of drug-likeness (QED) is 0.0271. The molecule has 0 amide bonds. The fourth-order valence-electron chi connectivity index (χ4n) is 8.71. The van der Waals surface area contributed by atoms with Crippen LogP contribution in [0.25, 0.3) is 0 Å². The molecule has 7 aromatic rings. The standard InChI is InChI=1S/C54H57N9O6/c64-61(65)49-28-16-31-55-52(49)58(34-13-10-25-43-19-4-1-5-20-43)40-46-37-47(41-59(53-50(62(66)67)29-17-32-56-53)35-14-11-26-44-21-6-2-7-22-44)39-48(38-46)42-60(54-51(63(68)69)30-18-33-57-54)36-15-12-27-45-23-8-3-9-24-45/h1-9,16-24,28-33,37-39H,10-15,25-27,34-36,40-42H2. The molecule has 0 fully saturated rings. The van der Waals surface area contributed by atoms with Gasteiger partial charge in [0.2, 0.25) is 17.5 Å². The minimum Gasteiger partial charge on any atom is -0.347 e. The maximum Gasteiger partial charge on any atom is 0.311 e. The molecule has 0 aliphatic rings. The summed E-state index contributed by atoms with van der Waals surface area (Å²) in [5.74, 6) is 0.757. The molecule has 69 heavy (non-hydrogen) atoms. The van der Waals surface area contributed by atoms with Gasteiger partial charge in [0.05, 0.1) is 14.8 Å². The van der Waals surface area contributed by atoms with Gasteiger partial charge < -0.3 is 14.7 Å². The Morgan fingerprint density at radius 2 is 0.623 bits per heavy atom. The topological polar surface area (TPSA) is 178 Å². The van der Waals surface area contributed by atoms with Crippen LogP contribution in [0, 0.1) is 30.3 Å². The monoisotopic (exact) mass is 927 g/mol. The lowest BCUT2D eigenvalue weighted by atomic mass is 10.0. The Morgan fingerprint density at radius 1 is 0.348 bits per heavy atom. The molecule has 0 aliphatic carbocycles. The van der Waals surface area contributed by atoms with E-state index in [-0.39, 0.29) is 54.2 Å². The summed E-state index contributed by atoms with van der Waals surface area (Å²) in [7, 11) is 0. The average Bonchev–Trinajstić information content (AvgIpc) is 3.37. The van der Waals surface area contributed by atoms with Gasteiger partial charge in [-0.1, -0.05) is 109 Å². The van der Waals surface area contributed by atoms with Gasteiger partial charge in [0, 0.05) is 76.1 Å². The van der Waals surface area contributed by atoms with Crippen LogP contribution in [-0.4, -0.2) is 49.4 Å². The molecule has 0 atom stereocenters. The van der Waals surface area contributed by atoms with Crippen molar-refractivity contribution < 1.29 is 14.8 Å². The van der Waals surface area contributed by atoms with Crippen LogP contribution in [0.15, 0.2) is 164 Å². The van der Waals surface area contributed by atoms with Crippen molar-refractivity contribution in [2.24, 2.45) is 0 Å². The molecule has 0 N–H and O–H groups in total. The third-order valence-electron chi connectivity index (χ3n) is 12.0. The molecule has 15 heteroatoms. The highest BCUT2D eigenvalue weighted by molar-refractivity contribution is 5.60. The minimum atomic E-state index is -0.411. The van der Waals surface area contributed by atoms with Crippen LogP contribution in [0.3, 0.4) is 0 Å². The van der Waals surface area contributed by atoms with Crippen molar-refractivity contribution in [3.8, 4) is 0 Å². The van der Waals surface area contributed by atoms with Crippen LogP contribution in [0.1, 0.15) is 71.9 Å². The fraction of sp³-hybridized carbons (Fsp3) is 0.278. The van der Waals surface area contributed by atoms with Gasteiger partial charge in [-0.2, -0.15) is 0 Å². The largest absolute Gasteiger partial charge is 0.347 e. The van der Waals surface area contributed by atoms with Crippen molar-refractivity contribution in [3.05, 3.63) is 228 Å². The van der Waals surface area contributed by atoms with Crippen molar-refractivity contribution in [3.63, 3.8) is 0 Å². The summed E-state index contributed by atoms with van der Waals surface area (Å²) in [6, 6.07) is 45.8. The van der Waals surface area contributed by atoms with E-state index in [1.165, 1.54) is 34.9 Å². The van der Waals surface area contributed by atoms with E-state index in [1.54, 1.807) is 36.8 Å². The molecule has 7 rings (SSSR count). The highest BCUT2D eigenvalue weighted by atomic mass is 16.6. The van der Waals surface area contributed by atoms with Crippen molar-refractivity contribution in [1.82, 2.24) is 15.0 Å². The van der Waals surface area contributed by atoms with Crippen molar-refractivity contribution in [2.75, 3.05) is 34.3 Å². The zero-order chi connectivity index (χ0) is 48.2. The normalized spacial score (nSPS) is 11.0. The lowest BCUT2D eigenvalue weighted by Crippen LogP contribution is -2.28. The molecule has 0 unspecified atom stereocenters. The summed E-state index contributed by atoms with van der Waals surface area (Å²) in [5, 5.41) is 37.4. The molecule has 15 nitrogen and oxygen atoms in total. The van der Waals surface area contributed by atoms with E-state index in [2.05, 4.69) is 51.4 Å². The van der Waals surface area contributed by atoms with E-state index in [4.69, 9.17) is 0 Å². The maximum atomic E-state index is 12.5. The molecule has 0 aliphatic heterocycles. The number of unbranched alkanes of at least 4 members (excludes halogenated alkanes) is 3. The van der Waals surface area contributed by atoms with E-state index < -0.39 is 14.8 Å². The first-order chi connectivity index (χ1) is 33.7. The zero-order valence-electron chi connectivity index (χ0n) is 38.7. The Hall–Kier alpha value is -8.07. The molecule has 0 saturated carbocycles. The smallest absolute Gasteiger partial charge is 0.311 e. The number of hydrogen-bond donors (Lipinski definition) is 0. The first-order valence-electron chi connectivity index (χ1n) is 23.5. The van der Waals surface area contributed by atoms with Gasteiger partial charge in [-0.25, -0.2) is 15.0 Å². The molecule has 4 aromatic carbocycles. The van der Waals surface area contributed by atoms with Gasteiger partial charge in [0.1, 0.15) is 0 Å². The van der Waals surface area contributed by atoms with Crippen molar-refractivity contribution >= 4 is 34.5 Å². The summed E-state index contributed by atoms with van der Waals surface area (Å²) in [6.45, 7) is 2.20. The van der Waals surface area contributed by atoms with Gasteiger partial charge in [0.25, 0.3) is 0 Å². The van der Waals surface area contributed by atoms with Crippen molar-refractivity contribution in [2.45, 2.75) is 77.4 Å². The molecule has 3 heterocycles. The van der Waals surface area contributed by atoms with Crippen LogP contribution in [-0.2, 0) is 38.9 Å². The second kappa shape index (κ2) is 25.2. The zero-order valence-corrected chi connectivity index (χ0v) is 38.7. The number of benzene rings is 4. The number of aryl methyl sites for hydroxylation is 3. The highest BCUT2D eigenvalue weighted by Gasteiger charge is 2.25. The molecule has 0 saturated heterocycles. The molecular weight excluding hydrogens is 871 g/mol. The number of nitro groups is 3. The number of pyridine rings is 3. The molecule has 0 spiro atoms. The number of aromatic nitrogens is 3. The summed E-state index contributed by atoms with van der Waals surface area (Å²) >= 11 is 0. The van der Waals surface area contributed by atoms with Gasteiger partial charge in [-0.05, 0) is 109 Å². The van der Waals surface area contributed by atoms with Crippen LogP contribution < -0.4 is 14.7 Å². The molecular formula is C54H57N9O6. The van der Waals surface area contributed by atoms with E-state index in [0.29, 0.717) is 19.6 Å². The predicted octanol–water partition coefficient (Wildman–Crippen LogP) is 11.7. The van der Waals surface area contributed by atoms with Gasteiger partial charge in [-0.3, -0.25) is 30.3 Å². The molecule has 354 valence electrons. The Kier molecular flexibility index (Phi) is 17.8. The first-order valence-corrected chi connectivity index (χ1v) is 23.5. The maximum absolute atomic E-state index is 12.5. The predicted molar refractivity (Wildman–Crippen MR) is 270 cm³/mol. The van der Waals surface area contributed by atoms with E-state index >= 15 is 0 Å². The lowest BCUT2D eigenvalue weighted by molar-refractivity contribution is -0.384. The third kappa shape index (κ3) is 14.5. The molecule has 0 bridgehead atoms. The highest BCUT2D eigenvalue weighted by Crippen LogP contribution is 2.32. The van der Waals surface area contributed by atoms with Crippen LogP contribution in [0.2, 0.25) is 0 Å². The summed E-state index contributed by atoms with van der Waals surface area (Å²) < 4.78 is 0. The van der Waals surface area contributed by atoms with E-state index in [1.807, 2.05) is 87.5 Å². The average molecular weight is 928 g/mol. The first kappa shape index (κ1) is 48.9. The Balaban J connectivity index is 1.25. The third-order valence-corrected chi connectivity index (χ3v) is 12.0. The van der Waals surface area contributed by atoms with Crippen molar-refractivity contribution in [1.29, 1.82) is 0 Å². The van der Waals surface area contributed by atoms with Gasteiger partial charge >= 0.3 is 17.1 Å². The second-order valence-electron chi connectivity index (χ2n) is 17.1. The Labute approximate surface area is 402 Å². The van der Waals surface area contributed by atoms with Gasteiger partial charge in [-0.15, -0.1) is 0 Å². The number of hydrogen-bond acceptors (Lipinski definition) is 12. The SMILES string of the molecule is O=[N+]([O-])c1cccnc1N(CCCCc1ccccc1)Cc1cc(CN(CCCCc2ccccc2)c2ncccc2[N+](=O)[O-])cc(CN(CCCCc2ccccc2)c2ncccc2[N+](=O)[O-])c1. The Bertz CT molecular complexity index is 2440. The number of anilines is 3. The van der Waals surface area contributed by atoms with Crippen LogP contribution in [0.5, 0.6) is 0 Å². The number of rotatable bonds is 27. The Morgan fingerprint density at radius 3 is 0.884 bits per heavy atom. The molecule has 0 radical (unpaired) electrons. The fourth-order valence-corrected chi connectivity index (χ4v) is 8.71. The second-order valence-corrected chi connectivity index (χ2v) is 17.1. The van der Waals surface area contributed by atoms with Gasteiger partial charge in [0.15, 0.2) is 0 Å². The number of nitrogens with zero attached hydrogens (tertiary/aromatic N) is 9. The summed E-state index contributed by atoms with van der Waals surface area (Å²) in [5.41, 5.74) is 5.78. The minimum absolute atomic E-state index is 0.106. The van der Waals surface area contributed by atoms with E-state index in [0.717, 1.165) is 74.5 Å². The van der Waals surface area contributed by atoms with Crippen LogP contribution >= 0.6 is 0 Å². The summed E-state index contributed by atoms with van der Waals surface area (Å²) in [6.07, 6.45) is 12.0. The van der Waals surface area contributed by atoms with E-state index in [9.17, 15) is 30.3 Å². The lowest BCUT2D eigenvalue weighted by Gasteiger charge is -2.28. The molecule has 3 aromatic heterocycles. The van der Waals surface area contributed by atoms with Crippen LogP contribution in [0.4, 0.5) is 34.5 Å².